The number of hydrogen-bond donors (Lipinski definition) is 2. The summed E-state index contributed by atoms with van der Waals surface area (Å²) in [6.07, 6.45) is 2.29. The van der Waals surface area contributed by atoms with E-state index in [0.717, 1.165) is 18.9 Å². The van der Waals surface area contributed by atoms with Gasteiger partial charge < -0.3 is 10.6 Å². The molecule has 0 aromatic carbocycles. The molecule has 2 N–H and O–H groups in total. The third kappa shape index (κ3) is 3.77. The average molecular weight is 184 g/mol. The number of nitrogens with one attached hydrogen (secondary N) is 2. The first-order chi connectivity index (χ1) is 6.08. The molecule has 76 valence electrons. The van der Waals surface area contributed by atoms with Crippen LogP contribution in [0, 0.1) is 5.92 Å². The van der Waals surface area contributed by atoms with Gasteiger partial charge in [0.1, 0.15) is 0 Å². The lowest BCUT2D eigenvalue weighted by Crippen LogP contribution is -2.34. The van der Waals surface area contributed by atoms with Crippen LogP contribution in [-0.4, -0.2) is 24.5 Å². The Labute approximate surface area is 80.3 Å². The van der Waals surface area contributed by atoms with Gasteiger partial charge in [0, 0.05) is 25.6 Å². The van der Waals surface area contributed by atoms with Crippen molar-refractivity contribution in [2.24, 2.45) is 5.92 Å². The third-order valence-electron chi connectivity index (χ3n) is 2.39. The number of amides is 1. The molecule has 1 rings (SSSR count). The molecule has 0 spiro atoms. The van der Waals surface area contributed by atoms with E-state index in [4.69, 9.17) is 0 Å². The van der Waals surface area contributed by atoms with Gasteiger partial charge in [0.2, 0.25) is 5.91 Å². The second-order valence-corrected chi connectivity index (χ2v) is 4.37. The average Bonchev–Trinajstić information content (AvgIpc) is 2.33. The summed E-state index contributed by atoms with van der Waals surface area (Å²) in [6, 6.07) is 0.943. The summed E-state index contributed by atoms with van der Waals surface area (Å²) in [5.74, 6) is 0.811. The Bertz CT molecular complexity index is 180. The van der Waals surface area contributed by atoms with E-state index in [1.54, 1.807) is 6.92 Å². The first kappa shape index (κ1) is 10.5. The van der Waals surface area contributed by atoms with Crippen LogP contribution in [0.1, 0.15) is 33.6 Å². The van der Waals surface area contributed by atoms with Crippen molar-refractivity contribution in [3.63, 3.8) is 0 Å². The normalized spacial score (nSPS) is 28.0. The monoisotopic (exact) mass is 184 g/mol. The fourth-order valence-electron chi connectivity index (χ4n) is 1.97. The lowest BCUT2D eigenvalue weighted by Gasteiger charge is -2.13. The lowest BCUT2D eigenvalue weighted by molar-refractivity contribution is -0.119. The van der Waals surface area contributed by atoms with E-state index < -0.39 is 0 Å². The first-order valence-corrected chi connectivity index (χ1v) is 5.08. The molecule has 1 aliphatic heterocycles. The van der Waals surface area contributed by atoms with Crippen LogP contribution < -0.4 is 10.6 Å². The van der Waals surface area contributed by atoms with Crippen LogP contribution in [0.25, 0.3) is 0 Å². The van der Waals surface area contributed by atoms with E-state index in [2.05, 4.69) is 24.5 Å². The maximum atomic E-state index is 10.8. The Morgan fingerprint density at radius 3 is 2.85 bits per heavy atom. The summed E-state index contributed by atoms with van der Waals surface area (Å²) < 4.78 is 0. The maximum absolute atomic E-state index is 10.8. The van der Waals surface area contributed by atoms with Gasteiger partial charge >= 0.3 is 0 Å². The molecule has 1 saturated heterocycles. The van der Waals surface area contributed by atoms with Crippen molar-refractivity contribution in [3.8, 4) is 0 Å². The van der Waals surface area contributed by atoms with E-state index in [1.807, 2.05) is 0 Å². The van der Waals surface area contributed by atoms with Crippen LogP contribution in [0.2, 0.25) is 0 Å². The van der Waals surface area contributed by atoms with Gasteiger partial charge in [0.15, 0.2) is 0 Å². The predicted molar refractivity (Wildman–Crippen MR) is 53.5 cm³/mol. The zero-order valence-corrected chi connectivity index (χ0v) is 8.76. The van der Waals surface area contributed by atoms with Crippen molar-refractivity contribution in [2.45, 2.75) is 45.7 Å². The highest BCUT2D eigenvalue weighted by molar-refractivity contribution is 5.73. The van der Waals surface area contributed by atoms with Crippen molar-refractivity contribution >= 4 is 5.91 Å². The smallest absolute Gasteiger partial charge is 0.217 e. The van der Waals surface area contributed by atoms with E-state index >= 15 is 0 Å². The maximum Gasteiger partial charge on any atom is 0.217 e. The topological polar surface area (TPSA) is 41.1 Å². The summed E-state index contributed by atoms with van der Waals surface area (Å²) in [6.45, 7) is 6.97. The Kier molecular flexibility index (Phi) is 3.72. The summed E-state index contributed by atoms with van der Waals surface area (Å²) >= 11 is 0. The second kappa shape index (κ2) is 4.61. The van der Waals surface area contributed by atoms with E-state index in [9.17, 15) is 4.79 Å². The van der Waals surface area contributed by atoms with Crippen LogP contribution in [-0.2, 0) is 4.79 Å². The minimum Gasteiger partial charge on any atom is -0.352 e. The molecule has 0 unspecified atom stereocenters. The molecular weight excluding hydrogens is 164 g/mol. The molecule has 1 fully saturated rings. The van der Waals surface area contributed by atoms with Crippen LogP contribution >= 0.6 is 0 Å². The summed E-state index contributed by atoms with van der Waals surface area (Å²) in [4.78, 5) is 10.8. The van der Waals surface area contributed by atoms with Crippen LogP contribution in [0.4, 0.5) is 0 Å². The molecule has 0 aromatic heterocycles. The van der Waals surface area contributed by atoms with Gasteiger partial charge in [0.25, 0.3) is 0 Å². The zero-order valence-electron chi connectivity index (χ0n) is 8.76. The highest BCUT2D eigenvalue weighted by atomic mass is 16.1. The number of carbonyl (C=O) groups is 1. The third-order valence-corrected chi connectivity index (χ3v) is 2.39. The molecule has 0 aromatic rings. The molecule has 1 heterocycles. The molecule has 0 aliphatic carbocycles. The first-order valence-electron chi connectivity index (χ1n) is 5.08. The summed E-state index contributed by atoms with van der Waals surface area (Å²) in [7, 11) is 0. The summed E-state index contributed by atoms with van der Waals surface area (Å²) in [5, 5.41) is 6.37. The Hall–Kier alpha value is -0.570. The van der Waals surface area contributed by atoms with Crippen molar-refractivity contribution < 1.29 is 4.79 Å². The van der Waals surface area contributed by atoms with Crippen molar-refractivity contribution in [1.29, 1.82) is 0 Å². The molecule has 13 heavy (non-hydrogen) atoms. The Morgan fingerprint density at radius 1 is 1.62 bits per heavy atom. The van der Waals surface area contributed by atoms with Gasteiger partial charge in [-0.05, 0) is 18.8 Å². The molecular formula is C10H20N2O. The van der Waals surface area contributed by atoms with Crippen LogP contribution in [0.15, 0.2) is 0 Å². The Morgan fingerprint density at radius 2 is 2.31 bits per heavy atom. The van der Waals surface area contributed by atoms with Gasteiger partial charge in [-0.15, -0.1) is 0 Å². The molecule has 0 bridgehead atoms. The van der Waals surface area contributed by atoms with E-state index in [1.165, 1.54) is 6.42 Å². The van der Waals surface area contributed by atoms with E-state index in [-0.39, 0.29) is 5.91 Å². The minimum absolute atomic E-state index is 0.0806. The molecule has 1 aliphatic rings. The highest BCUT2D eigenvalue weighted by Crippen LogP contribution is 2.14. The summed E-state index contributed by atoms with van der Waals surface area (Å²) in [5.41, 5.74) is 0. The highest BCUT2D eigenvalue weighted by Gasteiger charge is 2.24. The van der Waals surface area contributed by atoms with Gasteiger partial charge in [-0.2, -0.15) is 0 Å². The van der Waals surface area contributed by atoms with Gasteiger partial charge in [-0.25, -0.2) is 0 Å². The lowest BCUT2D eigenvalue weighted by atomic mass is 10.0. The fraction of sp³-hybridized carbons (Fsp3) is 0.900. The number of hydrogen-bond acceptors (Lipinski definition) is 2. The molecule has 1 amide bonds. The van der Waals surface area contributed by atoms with Crippen molar-refractivity contribution in [3.05, 3.63) is 0 Å². The van der Waals surface area contributed by atoms with E-state index in [0.29, 0.717) is 12.1 Å². The minimum atomic E-state index is 0.0806. The number of rotatable bonds is 3. The standard InChI is InChI=1S/C10H20N2O/c1-7(2)4-9-5-10(6-11-9)12-8(3)13/h7,9-11H,4-6H2,1-3H3,(H,12,13)/t9-,10+/m1/s1. The van der Waals surface area contributed by atoms with Gasteiger partial charge in [-0.1, -0.05) is 13.8 Å². The van der Waals surface area contributed by atoms with Crippen LogP contribution in [0.3, 0.4) is 0 Å². The molecule has 3 nitrogen and oxygen atoms in total. The molecule has 2 atom stereocenters. The largest absolute Gasteiger partial charge is 0.352 e. The molecule has 0 saturated carbocycles. The Balaban J connectivity index is 2.24. The quantitative estimate of drug-likeness (QED) is 0.684. The predicted octanol–water partition coefficient (Wildman–Crippen LogP) is 0.899. The molecule has 3 heteroatoms. The van der Waals surface area contributed by atoms with Crippen molar-refractivity contribution in [1.82, 2.24) is 10.6 Å². The molecule has 0 radical (unpaired) electrons. The van der Waals surface area contributed by atoms with Crippen LogP contribution in [0.5, 0.6) is 0 Å². The second-order valence-electron chi connectivity index (χ2n) is 4.37. The fourth-order valence-corrected chi connectivity index (χ4v) is 1.97. The SMILES string of the molecule is CC(=O)N[C@@H]1CN[C@H](CC(C)C)C1. The number of carbonyl (C=O) groups excluding carboxylic acids is 1. The zero-order chi connectivity index (χ0) is 9.84. The van der Waals surface area contributed by atoms with Gasteiger partial charge in [-0.3, -0.25) is 4.79 Å². The van der Waals surface area contributed by atoms with Crippen molar-refractivity contribution in [2.75, 3.05) is 6.54 Å². The van der Waals surface area contributed by atoms with Gasteiger partial charge in [0.05, 0.1) is 0 Å².